The smallest absolute Gasteiger partial charge is 0.303 e. The van der Waals surface area contributed by atoms with Gasteiger partial charge in [-0.3, -0.25) is 67.5 Å². The van der Waals surface area contributed by atoms with Gasteiger partial charge in [-0.05, 0) is 90.8 Å². The van der Waals surface area contributed by atoms with Gasteiger partial charge in [0.15, 0.2) is 11.9 Å². The highest BCUT2D eigenvalue weighted by molar-refractivity contribution is 8.00. The second-order valence-corrected chi connectivity index (χ2v) is 26.5. The first-order valence-corrected chi connectivity index (χ1v) is 33.7. The van der Waals surface area contributed by atoms with Crippen molar-refractivity contribution in [2.45, 2.75) is 207 Å². The second kappa shape index (κ2) is 40.1. The van der Waals surface area contributed by atoms with Crippen molar-refractivity contribution in [3.63, 3.8) is 0 Å². The van der Waals surface area contributed by atoms with Gasteiger partial charge in [0.1, 0.15) is 34.2 Å². The molecule has 5 unspecified atom stereocenters. The summed E-state index contributed by atoms with van der Waals surface area (Å²) in [6.45, 7) is 16.9. The number of ether oxygens (including phenoxy) is 3. The molecule has 0 radical (unpaired) electrons. The number of likely N-dealkylation sites (tertiary alicyclic amines) is 1. The van der Waals surface area contributed by atoms with E-state index in [1.807, 2.05) is 72.7 Å². The zero-order chi connectivity index (χ0) is 66.4. The van der Waals surface area contributed by atoms with Crippen LogP contribution >= 0.6 is 23.1 Å². The minimum Gasteiger partial charge on any atom is -0.465 e. The van der Waals surface area contributed by atoms with Crippen LogP contribution in [0.3, 0.4) is 0 Å². The van der Waals surface area contributed by atoms with Crippen LogP contribution in [0, 0.1) is 29.6 Å². The topological polar surface area (TPSA) is 295 Å². The molecule has 89 heavy (non-hydrogen) atoms. The van der Waals surface area contributed by atoms with Crippen LogP contribution in [-0.2, 0) is 68.6 Å². The van der Waals surface area contributed by atoms with Crippen molar-refractivity contribution in [1.82, 2.24) is 35.3 Å². The van der Waals surface area contributed by atoms with Crippen molar-refractivity contribution in [3.8, 4) is 0 Å². The molecule has 1 aliphatic heterocycles. The maximum atomic E-state index is 15.4. The van der Waals surface area contributed by atoms with Crippen molar-refractivity contribution in [2.24, 2.45) is 29.6 Å². The molecule has 0 spiro atoms. The van der Waals surface area contributed by atoms with Crippen molar-refractivity contribution < 1.29 is 72.1 Å². The SMILES string of the molecule is CCC(C)[C@H](CC(=O)C(C)(C)N(C)C)C(=O)N(CCCNC(=O)C(C)CC(=O)C(CCCCCC(=O)CCOCCO)CC(=O)CCCN1C(=O)CC(SC)C1=O)[C@H](C[C@@H](OC(C)=O)c1nc(C(=O)N[C@@H](Cc2ccccn2)CC(C)OC=O)cs1)C(C)C. The summed E-state index contributed by atoms with van der Waals surface area (Å²) < 4.78 is 16.3. The van der Waals surface area contributed by atoms with Crippen molar-refractivity contribution >= 4 is 88.2 Å². The van der Waals surface area contributed by atoms with E-state index in [4.69, 9.17) is 19.3 Å². The third-order valence-electron chi connectivity index (χ3n) is 16.9. The number of aromatic nitrogens is 2. The molecular weight excluding hydrogens is 1180 g/mol. The Bertz CT molecular complexity index is 2620. The highest BCUT2D eigenvalue weighted by atomic mass is 32.2. The average Bonchev–Trinajstić information content (AvgIpc) is 3.16. The number of hydrogen-bond acceptors (Lipinski definition) is 20. The number of amides is 5. The van der Waals surface area contributed by atoms with Gasteiger partial charge >= 0.3 is 5.97 Å². The van der Waals surface area contributed by atoms with E-state index < -0.39 is 70.6 Å². The number of Topliss-reactive ketones (excluding diaryl/α,β-unsaturated/α-hetero) is 4. The summed E-state index contributed by atoms with van der Waals surface area (Å²) in [7, 11) is 3.62. The molecule has 3 heterocycles. The second-order valence-electron chi connectivity index (χ2n) is 24.6. The zero-order valence-electron chi connectivity index (χ0n) is 54.7. The summed E-state index contributed by atoms with van der Waals surface area (Å²) in [6, 6.07) is 4.31. The molecule has 9 atom stereocenters. The summed E-state index contributed by atoms with van der Waals surface area (Å²) in [5.74, 6) is -5.66. The molecule has 1 saturated heterocycles. The average molecular weight is 1280 g/mol. The minimum absolute atomic E-state index is 0.0204. The summed E-state index contributed by atoms with van der Waals surface area (Å²) in [5.41, 5.74) is -0.119. The fourth-order valence-electron chi connectivity index (χ4n) is 10.7. The fraction of sp³-hybridized carbons (Fsp3) is 0.708. The summed E-state index contributed by atoms with van der Waals surface area (Å²) in [5, 5.41) is 16.3. The van der Waals surface area contributed by atoms with Gasteiger partial charge in [0.2, 0.25) is 23.6 Å². The summed E-state index contributed by atoms with van der Waals surface area (Å²) in [6.07, 6.45) is 6.21. The number of hydrogen-bond donors (Lipinski definition) is 3. The van der Waals surface area contributed by atoms with Crippen molar-refractivity contribution in [2.75, 3.05) is 59.8 Å². The van der Waals surface area contributed by atoms with Crippen LogP contribution in [0.2, 0.25) is 0 Å². The fourth-order valence-corrected chi connectivity index (χ4v) is 12.2. The Kier molecular flexibility index (Phi) is 34.9. The number of aliphatic hydroxyl groups excluding tert-OH is 1. The number of rotatable bonds is 47. The maximum Gasteiger partial charge on any atom is 0.303 e. The number of unbranched alkanes of at least 4 members (excludes halogenated alkanes) is 2. The molecule has 3 rings (SSSR count). The van der Waals surface area contributed by atoms with E-state index in [0.29, 0.717) is 62.1 Å². The van der Waals surface area contributed by atoms with Gasteiger partial charge in [-0.25, -0.2) is 4.98 Å². The van der Waals surface area contributed by atoms with Crippen LogP contribution in [0.5, 0.6) is 0 Å². The van der Waals surface area contributed by atoms with E-state index in [9.17, 15) is 47.9 Å². The largest absolute Gasteiger partial charge is 0.465 e. The molecule has 0 aromatic carbocycles. The van der Waals surface area contributed by atoms with E-state index in [1.54, 1.807) is 42.6 Å². The Labute approximate surface area is 535 Å². The van der Waals surface area contributed by atoms with Crippen LogP contribution in [0.1, 0.15) is 192 Å². The Morgan fingerprint density at radius 2 is 1.64 bits per heavy atom. The number of carbonyl (C=O) groups excluding carboxylic acids is 11. The monoisotopic (exact) mass is 1280 g/mol. The number of esters is 1. The number of aliphatic hydroxyl groups is 1. The molecule has 1 fully saturated rings. The highest BCUT2D eigenvalue weighted by Gasteiger charge is 2.41. The number of nitrogens with zero attached hydrogens (tertiary/aromatic N) is 5. The van der Waals surface area contributed by atoms with E-state index in [0.717, 1.165) is 11.3 Å². The first kappa shape index (κ1) is 77.4. The number of ketones is 4. The zero-order valence-corrected chi connectivity index (χ0v) is 56.3. The lowest BCUT2D eigenvalue weighted by atomic mass is 9.81. The molecular formula is C65H101N7O15S2. The van der Waals surface area contributed by atoms with Gasteiger partial charge < -0.3 is 34.9 Å². The van der Waals surface area contributed by atoms with Crippen LogP contribution in [-0.4, -0.2) is 184 Å². The molecule has 2 aromatic heterocycles. The third-order valence-corrected chi connectivity index (χ3v) is 18.7. The highest BCUT2D eigenvalue weighted by Crippen LogP contribution is 2.34. The van der Waals surface area contributed by atoms with Gasteiger partial charge in [-0.1, -0.05) is 59.9 Å². The van der Waals surface area contributed by atoms with Crippen LogP contribution in [0.25, 0.3) is 0 Å². The first-order valence-electron chi connectivity index (χ1n) is 31.5. The lowest BCUT2D eigenvalue weighted by Crippen LogP contribution is -2.51. The number of imide groups is 1. The molecule has 1 aliphatic rings. The first-order chi connectivity index (χ1) is 42.2. The lowest BCUT2D eigenvalue weighted by Gasteiger charge is -2.40. The Morgan fingerprint density at radius 3 is 2.26 bits per heavy atom. The van der Waals surface area contributed by atoms with Gasteiger partial charge in [-0.2, -0.15) is 11.8 Å². The molecule has 22 nitrogen and oxygen atoms in total. The Balaban J connectivity index is 1.87. The van der Waals surface area contributed by atoms with Crippen molar-refractivity contribution in [1.29, 1.82) is 0 Å². The molecule has 24 heteroatoms. The molecule has 0 bridgehead atoms. The van der Waals surface area contributed by atoms with E-state index in [-0.39, 0.29) is 162 Å². The molecule has 5 amide bonds. The Hall–Kier alpha value is -5.82. The lowest BCUT2D eigenvalue weighted by molar-refractivity contribution is -0.150. The van der Waals surface area contributed by atoms with E-state index >= 15 is 4.79 Å². The van der Waals surface area contributed by atoms with Crippen LogP contribution < -0.4 is 10.6 Å². The molecule has 498 valence electrons. The molecule has 3 N–H and O–H groups in total. The van der Waals surface area contributed by atoms with Gasteiger partial charge in [-0.15, -0.1) is 11.3 Å². The molecule has 0 aliphatic carbocycles. The summed E-state index contributed by atoms with van der Waals surface area (Å²) in [4.78, 5) is 161. The maximum absolute atomic E-state index is 15.4. The quantitative estimate of drug-likeness (QED) is 0.0250. The standard InChI is InChI=1S/C65H101N7O15S2/c1-13-43(4)52(37-58(79)65(8,9)70(10)11)63(83)71(54(42(2)3)38-56(87-46(7)75)62-69-53(40-89-62)61(82)68-49(34-45(6)86-41-74)36-48-22-17-18-26-66-48)29-20-27-67-60(81)44(5)33-55(78)47(21-15-14-16-23-50(76)25-31-85-32-30-73)35-51(77)24-19-28-72-59(80)39-57(88-12)64(72)84/h17-18,22,26,40-45,47,49,52,54,56-57,73H,13-16,19-21,23-25,27-39H2,1-12H3,(H,67,81)(H,68,82)/t43?,44?,45?,47?,49-,52+,54-,56-,57?/m1/s1. The third kappa shape index (κ3) is 26.5. The number of carbonyl (C=O) groups is 11. The normalized spacial score (nSPS) is 16.2. The van der Waals surface area contributed by atoms with Gasteiger partial charge in [0, 0.05) is 138 Å². The number of pyridine rings is 1. The van der Waals surface area contributed by atoms with Crippen LogP contribution in [0.4, 0.5) is 0 Å². The number of likely N-dealkylation sites (N-methyl/N-ethyl adjacent to an activating group) is 1. The Morgan fingerprint density at radius 1 is 0.921 bits per heavy atom. The summed E-state index contributed by atoms with van der Waals surface area (Å²) >= 11 is 2.43. The van der Waals surface area contributed by atoms with Crippen LogP contribution in [0.15, 0.2) is 29.8 Å². The van der Waals surface area contributed by atoms with E-state index in [2.05, 4.69) is 20.6 Å². The van der Waals surface area contributed by atoms with Gasteiger partial charge in [0.05, 0.1) is 30.6 Å². The number of nitrogens with one attached hydrogen (secondary N) is 2. The van der Waals surface area contributed by atoms with E-state index in [1.165, 1.54) is 23.6 Å². The molecule has 0 saturated carbocycles. The predicted octanol–water partition coefficient (Wildman–Crippen LogP) is 7.51. The number of thioether (sulfide) groups is 1. The molecule has 2 aromatic rings. The number of thiazole rings is 1. The minimum atomic E-state index is -1.02. The van der Waals surface area contributed by atoms with Crippen molar-refractivity contribution in [3.05, 3.63) is 46.2 Å². The van der Waals surface area contributed by atoms with Gasteiger partial charge in [0.25, 0.3) is 12.4 Å². The predicted molar refractivity (Wildman–Crippen MR) is 340 cm³/mol.